The number of pyridine rings is 1. The number of nitrogens with one attached hydrogen (secondary N) is 3. The van der Waals surface area contributed by atoms with E-state index in [1.54, 1.807) is 24.4 Å². The number of hydrogen-bond donors (Lipinski definition) is 4. The minimum atomic E-state index is -0.925. The second kappa shape index (κ2) is 8.35. The van der Waals surface area contributed by atoms with Crippen molar-refractivity contribution in [2.24, 2.45) is 0 Å². The number of hydrogen-bond acceptors (Lipinski definition) is 7. The fourth-order valence-corrected chi connectivity index (χ4v) is 4.64. The van der Waals surface area contributed by atoms with Crippen molar-refractivity contribution in [1.29, 1.82) is 0 Å². The molecule has 2 aliphatic heterocycles. The predicted molar refractivity (Wildman–Crippen MR) is 121 cm³/mol. The van der Waals surface area contributed by atoms with Crippen LogP contribution in [0.3, 0.4) is 0 Å². The van der Waals surface area contributed by atoms with Gasteiger partial charge in [0.1, 0.15) is 35.0 Å². The van der Waals surface area contributed by atoms with E-state index in [4.69, 9.17) is 9.47 Å². The van der Waals surface area contributed by atoms with Gasteiger partial charge >= 0.3 is 0 Å². The first kappa shape index (κ1) is 21.0. The minimum Gasteiger partial charge on any atom is -0.488 e. The second-order valence-corrected chi connectivity index (χ2v) is 8.70. The molecule has 3 aliphatic rings. The molecule has 1 amide bonds. The van der Waals surface area contributed by atoms with Crippen LogP contribution in [0.15, 0.2) is 54.7 Å². The third kappa shape index (κ3) is 3.98. The molecule has 8 nitrogen and oxygen atoms in total. The first-order chi connectivity index (χ1) is 16.5. The fourth-order valence-electron chi connectivity index (χ4n) is 4.64. The number of amides is 1. The lowest BCUT2D eigenvalue weighted by molar-refractivity contribution is -0.116. The van der Waals surface area contributed by atoms with Gasteiger partial charge in [0.25, 0.3) is 0 Å². The Hall–Kier alpha value is -3.53. The van der Waals surface area contributed by atoms with Crippen LogP contribution in [0.5, 0.6) is 17.2 Å². The Kier molecular flexibility index (Phi) is 5.17. The number of nitrogens with zero attached hydrogens (tertiary/aromatic N) is 1. The van der Waals surface area contributed by atoms with E-state index in [-0.39, 0.29) is 29.8 Å². The van der Waals surface area contributed by atoms with Crippen molar-refractivity contribution in [3.05, 3.63) is 77.2 Å². The number of ether oxygens (including phenoxy) is 2. The molecule has 9 heteroatoms. The van der Waals surface area contributed by atoms with Crippen LogP contribution < -0.4 is 25.4 Å². The van der Waals surface area contributed by atoms with Gasteiger partial charge < -0.3 is 19.9 Å². The number of fused-ring (bicyclic) bond motifs is 4. The van der Waals surface area contributed by atoms with Crippen LogP contribution >= 0.6 is 0 Å². The van der Waals surface area contributed by atoms with Gasteiger partial charge in [-0.25, -0.2) is 9.37 Å². The molecule has 3 heterocycles. The molecule has 0 radical (unpaired) electrons. The highest BCUT2D eigenvalue weighted by molar-refractivity contribution is 5.93. The average Bonchev–Trinajstić information content (AvgIpc) is 3.35. The smallest absolute Gasteiger partial charge is 0.225 e. The van der Waals surface area contributed by atoms with Gasteiger partial charge in [0.05, 0.1) is 6.04 Å². The summed E-state index contributed by atoms with van der Waals surface area (Å²) in [5.41, 5.74) is 2.79. The van der Waals surface area contributed by atoms with E-state index in [1.807, 2.05) is 18.2 Å². The zero-order valence-electron chi connectivity index (χ0n) is 18.1. The van der Waals surface area contributed by atoms with Crippen molar-refractivity contribution in [2.75, 3.05) is 5.32 Å². The molecule has 34 heavy (non-hydrogen) atoms. The van der Waals surface area contributed by atoms with Crippen molar-refractivity contribution < 1.29 is 23.8 Å². The molecule has 4 atom stereocenters. The summed E-state index contributed by atoms with van der Waals surface area (Å²) in [4.78, 5) is 15.9. The lowest BCUT2D eigenvalue weighted by Gasteiger charge is -2.19. The lowest BCUT2D eigenvalue weighted by Crippen LogP contribution is -2.44. The summed E-state index contributed by atoms with van der Waals surface area (Å²) >= 11 is 0. The molecule has 174 valence electrons. The molecule has 0 spiro atoms. The van der Waals surface area contributed by atoms with Gasteiger partial charge in [-0.1, -0.05) is 12.1 Å². The standard InChI is InChI=1S/C25H23FN4O4/c26-14-3-1-13(2-4-14)12-28-25(32)30-22-21-17-11-15(5-7-18(17)34-23(21)22)33-19-9-10-27-24-16(19)6-8-20(31)29-24/h1-5,7,9-11,21-23,25,28,30,32H,6,8,12H2,(H,27,29,31)/t21-,22-,23-,25?/m0/s1. The Balaban J connectivity index is 1.10. The zero-order chi connectivity index (χ0) is 23.2. The molecule has 1 aromatic heterocycles. The lowest BCUT2D eigenvalue weighted by atomic mass is 10.1. The summed E-state index contributed by atoms with van der Waals surface area (Å²) in [6.07, 6.45) is 1.63. The molecule has 0 saturated heterocycles. The van der Waals surface area contributed by atoms with Crippen LogP contribution in [0.25, 0.3) is 0 Å². The maximum absolute atomic E-state index is 13.0. The van der Waals surface area contributed by atoms with Gasteiger partial charge in [0.15, 0.2) is 6.35 Å². The van der Waals surface area contributed by atoms with Crippen molar-refractivity contribution >= 4 is 11.7 Å². The molecule has 3 aromatic rings. The maximum atomic E-state index is 13.0. The Morgan fingerprint density at radius 2 is 2.06 bits per heavy atom. The van der Waals surface area contributed by atoms with E-state index < -0.39 is 6.35 Å². The van der Waals surface area contributed by atoms with Gasteiger partial charge in [-0.05, 0) is 48.4 Å². The first-order valence-corrected chi connectivity index (χ1v) is 11.2. The number of aliphatic hydroxyl groups excluding tert-OH is 1. The topological polar surface area (TPSA) is 105 Å². The number of aliphatic hydroxyl groups is 1. The summed E-state index contributed by atoms with van der Waals surface area (Å²) in [5.74, 6) is 2.50. The van der Waals surface area contributed by atoms with Crippen LogP contribution in [0.1, 0.15) is 29.0 Å². The highest BCUT2D eigenvalue weighted by atomic mass is 19.1. The van der Waals surface area contributed by atoms with Gasteiger partial charge in [-0.15, -0.1) is 0 Å². The minimum absolute atomic E-state index is 0.0256. The molecule has 6 rings (SSSR count). The largest absolute Gasteiger partial charge is 0.488 e. The highest BCUT2D eigenvalue weighted by Crippen LogP contribution is 2.54. The molecule has 1 aliphatic carbocycles. The van der Waals surface area contributed by atoms with Crippen LogP contribution in [0.4, 0.5) is 10.2 Å². The Morgan fingerprint density at radius 3 is 2.91 bits per heavy atom. The molecular weight excluding hydrogens is 439 g/mol. The Labute approximate surface area is 195 Å². The van der Waals surface area contributed by atoms with Crippen LogP contribution in [0, 0.1) is 5.82 Å². The van der Waals surface area contributed by atoms with Crippen LogP contribution in [-0.4, -0.2) is 34.5 Å². The van der Waals surface area contributed by atoms with Crippen molar-refractivity contribution in [3.63, 3.8) is 0 Å². The molecule has 1 fully saturated rings. The second-order valence-electron chi connectivity index (χ2n) is 8.70. The van der Waals surface area contributed by atoms with E-state index in [9.17, 15) is 14.3 Å². The molecule has 0 bridgehead atoms. The SMILES string of the molecule is O=C1CCc2c(Oc3ccc4c(c3)[C@H]3[C@H](NC(O)NCc5ccc(F)cc5)[C@H]3O4)ccnc2N1. The number of carbonyl (C=O) groups is 1. The Bertz CT molecular complexity index is 1250. The molecular formula is C25H23FN4O4. The van der Waals surface area contributed by atoms with Crippen molar-refractivity contribution in [2.45, 2.75) is 43.8 Å². The average molecular weight is 462 g/mol. The van der Waals surface area contributed by atoms with Crippen molar-refractivity contribution in [3.8, 4) is 17.2 Å². The Morgan fingerprint density at radius 1 is 1.21 bits per heavy atom. The first-order valence-electron chi connectivity index (χ1n) is 11.2. The molecule has 4 N–H and O–H groups in total. The number of aromatic nitrogens is 1. The van der Waals surface area contributed by atoms with Gasteiger partial charge in [-0.3, -0.25) is 15.4 Å². The molecule has 1 saturated carbocycles. The third-order valence-electron chi connectivity index (χ3n) is 6.42. The summed E-state index contributed by atoms with van der Waals surface area (Å²) < 4.78 is 25.2. The summed E-state index contributed by atoms with van der Waals surface area (Å²) in [5, 5.41) is 19.3. The summed E-state index contributed by atoms with van der Waals surface area (Å²) in [6.45, 7) is 0.405. The van der Waals surface area contributed by atoms with Crippen molar-refractivity contribution in [1.82, 2.24) is 15.6 Å². The third-order valence-corrected chi connectivity index (χ3v) is 6.42. The highest BCUT2D eigenvalue weighted by Gasteiger charge is 2.59. The summed E-state index contributed by atoms with van der Waals surface area (Å²) in [6, 6.07) is 13.6. The quantitative estimate of drug-likeness (QED) is 0.400. The van der Waals surface area contributed by atoms with E-state index in [0.717, 1.165) is 22.4 Å². The fraction of sp³-hybridized carbons (Fsp3) is 0.280. The zero-order valence-corrected chi connectivity index (χ0v) is 18.1. The molecule has 2 aromatic carbocycles. The summed E-state index contributed by atoms with van der Waals surface area (Å²) in [7, 11) is 0. The van der Waals surface area contributed by atoms with E-state index >= 15 is 0 Å². The predicted octanol–water partition coefficient (Wildman–Crippen LogP) is 2.78. The number of rotatable bonds is 7. The maximum Gasteiger partial charge on any atom is 0.225 e. The van der Waals surface area contributed by atoms with Gasteiger partial charge in [0, 0.05) is 36.2 Å². The molecule has 1 unspecified atom stereocenters. The number of halogens is 1. The van der Waals surface area contributed by atoms with E-state index in [2.05, 4.69) is 20.9 Å². The number of carbonyl (C=O) groups excluding carboxylic acids is 1. The number of anilines is 1. The normalized spacial score (nSPS) is 22.6. The monoisotopic (exact) mass is 462 g/mol. The van der Waals surface area contributed by atoms with E-state index in [0.29, 0.717) is 36.7 Å². The van der Waals surface area contributed by atoms with Crippen LogP contribution in [0.2, 0.25) is 0 Å². The van der Waals surface area contributed by atoms with E-state index in [1.165, 1.54) is 12.1 Å². The van der Waals surface area contributed by atoms with Crippen LogP contribution in [-0.2, 0) is 17.8 Å². The van der Waals surface area contributed by atoms with Gasteiger partial charge in [0.2, 0.25) is 5.91 Å². The van der Waals surface area contributed by atoms with Gasteiger partial charge in [-0.2, -0.15) is 0 Å². The number of benzene rings is 2.